The lowest BCUT2D eigenvalue weighted by Gasteiger charge is -2.14. The van der Waals surface area contributed by atoms with E-state index in [-0.39, 0.29) is 12.0 Å². The molecule has 1 amide bonds. The Kier molecular flexibility index (Phi) is 5.65. The van der Waals surface area contributed by atoms with E-state index >= 15 is 0 Å². The molecule has 0 aliphatic rings. The fraction of sp³-hybridized carbons (Fsp3) is 0.615. The van der Waals surface area contributed by atoms with Crippen LogP contribution in [0.5, 0.6) is 0 Å². The molecular formula is C13H21NO2S. The number of nitrogens with one attached hydrogen (secondary N) is 1. The molecule has 3 nitrogen and oxygen atoms in total. The third kappa shape index (κ3) is 5.33. The largest absolute Gasteiger partial charge is 0.368 e. The molecule has 1 atom stereocenters. The van der Waals surface area contributed by atoms with Crippen molar-refractivity contribution in [3.05, 3.63) is 21.9 Å². The van der Waals surface area contributed by atoms with Crippen molar-refractivity contribution in [2.45, 2.75) is 40.3 Å². The van der Waals surface area contributed by atoms with Crippen LogP contribution in [0.25, 0.3) is 0 Å². The first-order valence-electron chi connectivity index (χ1n) is 5.93. The van der Waals surface area contributed by atoms with Gasteiger partial charge in [0, 0.05) is 16.4 Å². The van der Waals surface area contributed by atoms with Gasteiger partial charge in [-0.05, 0) is 31.9 Å². The summed E-state index contributed by atoms with van der Waals surface area (Å²) in [7, 11) is 0. The molecule has 0 aliphatic carbocycles. The van der Waals surface area contributed by atoms with Crippen LogP contribution in [0.15, 0.2) is 12.1 Å². The average Bonchev–Trinajstić information content (AvgIpc) is 2.68. The lowest BCUT2D eigenvalue weighted by atomic mass is 10.2. The Hall–Kier alpha value is -0.870. The highest BCUT2D eigenvalue weighted by Crippen LogP contribution is 2.14. The van der Waals surface area contributed by atoms with Crippen molar-refractivity contribution in [2.75, 3.05) is 6.61 Å². The number of hydrogen-bond acceptors (Lipinski definition) is 3. The SMILES string of the molecule is Cc1ccc(CNC(=O)[C@H](C)OCC(C)C)s1. The van der Waals surface area contributed by atoms with Gasteiger partial charge in [-0.3, -0.25) is 4.79 Å². The standard InChI is InChI=1S/C13H21NO2S/c1-9(2)8-16-11(4)13(15)14-7-12-6-5-10(3)17-12/h5-6,9,11H,7-8H2,1-4H3,(H,14,15)/t11-/m0/s1. The summed E-state index contributed by atoms with van der Waals surface area (Å²) in [6.45, 7) is 9.19. The Morgan fingerprint density at radius 3 is 2.65 bits per heavy atom. The summed E-state index contributed by atoms with van der Waals surface area (Å²) in [6.07, 6.45) is -0.376. The second-order valence-corrected chi connectivity index (χ2v) is 5.97. The Morgan fingerprint density at radius 2 is 2.12 bits per heavy atom. The number of amides is 1. The molecule has 0 fully saturated rings. The fourth-order valence-electron chi connectivity index (χ4n) is 1.31. The monoisotopic (exact) mass is 255 g/mol. The van der Waals surface area contributed by atoms with E-state index in [1.165, 1.54) is 9.75 Å². The average molecular weight is 255 g/mol. The number of hydrogen-bond donors (Lipinski definition) is 1. The summed E-state index contributed by atoms with van der Waals surface area (Å²) in [4.78, 5) is 14.1. The van der Waals surface area contributed by atoms with Crippen LogP contribution >= 0.6 is 11.3 Å². The summed E-state index contributed by atoms with van der Waals surface area (Å²) in [6, 6.07) is 4.10. The lowest BCUT2D eigenvalue weighted by Crippen LogP contribution is -2.34. The number of thiophene rings is 1. The molecule has 0 unspecified atom stereocenters. The van der Waals surface area contributed by atoms with Crippen LogP contribution in [0.2, 0.25) is 0 Å². The highest BCUT2D eigenvalue weighted by atomic mass is 32.1. The Morgan fingerprint density at radius 1 is 1.41 bits per heavy atom. The minimum Gasteiger partial charge on any atom is -0.368 e. The highest BCUT2D eigenvalue weighted by Gasteiger charge is 2.13. The van der Waals surface area contributed by atoms with Crippen LogP contribution in [0.4, 0.5) is 0 Å². The maximum atomic E-state index is 11.7. The summed E-state index contributed by atoms with van der Waals surface area (Å²) in [5.41, 5.74) is 0. The topological polar surface area (TPSA) is 38.3 Å². The molecule has 0 radical (unpaired) electrons. The second kappa shape index (κ2) is 6.77. The van der Waals surface area contributed by atoms with Crippen molar-refractivity contribution in [2.24, 2.45) is 5.92 Å². The van der Waals surface area contributed by atoms with Crippen molar-refractivity contribution in [3.8, 4) is 0 Å². The van der Waals surface area contributed by atoms with Gasteiger partial charge in [0.15, 0.2) is 0 Å². The van der Waals surface area contributed by atoms with Gasteiger partial charge in [-0.1, -0.05) is 13.8 Å². The molecular weight excluding hydrogens is 234 g/mol. The van der Waals surface area contributed by atoms with Crippen LogP contribution in [0, 0.1) is 12.8 Å². The van der Waals surface area contributed by atoms with Crippen LogP contribution in [-0.4, -0.2) is 18.6 Å². The lowest BCUT2D eigenvalue weighted by molar-refractivity contribution is -0.132. The van der Waals surface area contributed by atoms with Gasteiger partial charge in [0.1, 0.15) is 6.10 Å². The predicted octanol–water partition coefficient (Wildman–Crippen LogP) is 2.73. The highest BCUT2D eigenvalue weighted by molar-refractivity contribution is 7.11. The minimum absolute atomic E-state index is 0.0447. The summed E-state index contributed by atoms with van der Waals surface area (Å²) in [5, 5.41) is 2.88. The molecule has 96 valence electrons. The van der Waals surface area contributed by atoms with E-state index in [9.17, 15) is 4.79 Å². The van der Waals surface area contributed by atoms with Crippen molar-refractivity contribution in [1.29, 1.82) is 0 Å². The summed E-state index contributed by atoms with van der Waals surface area (Å²) >= 11 is 1.70. The van der Waals surface area contributed by atoms with Gasteiger partial charge in [0.2, 0.25) is 5.91 Å². The molecule has 0 aromatic carbocycles. The number of carbonyl (C=O) groups is 1. The molecule has 1 aromatic rings. The predicted molar refractivity (Wildman–Crippen MR) is 71.2 cm³/mol. The number of ether oxygens (including phenoxy) is 1. The van der Waals surface area contributed by atoms with E-state index in [4.69, 9.17) is 4.74 Å². The fourth-order valence-corrected chi connectivity index (χ4v) is 2.14. The van der Waals surface area contributed by atoms with Gasteiger partial charge in [-0.2, -0.15) is 0 Å². The molecule has 1 N–H and O–H groups in total. The summed E-state index contributed by atoms with van der Waals surface area (Å²) < 4.78 is 5.45. The van der Waals surface area contributed by atoms with Crippen molar-refractivity contribution in [3.63, 3.8) is 0 Å². The molecule has 17 heavy (non-hydrogen) atoms. The molecule has 1 aromatic heterocycles. The number of rotatable bonds is 6. The van der Waals surface area contributed by atoms with Gasteiger partial charge in [0.05, 0.1) is 6.54 Å². The number of aryl methyl sites for hydroxylation is 1. The maximum Gasteiger partial charge on any atom is 0.249 e. The molecule has 0 saturated heterocycles. The second-order valence-electron chi connectivity index (χ2n) is 4.60. The maximum absolute atomic E-state index is 11.7. The van der Waals surface area contributed by atoms with E-state index in [2.05, 4.69) is 32.2 Å². The van der Waals surface area contributed by atoms with E-state index < -0.39 is 0 Å². The van der Waals surface area contributed by atoms with Crippen LogP contribution in [0.3, 0.4) is 0 Å². The van der Waals surface area contributed by atoms with Crippen molar-refractivity contribution >= 4 is 17.2 Å². The van der Waals surface area contributed by atoms with Gasteiger partial charge < -0.3 is 10.1 Å². The Labute approximate surface area is 107 Å². The van der Waals surface area contributed by atoms with Gasteiger partial charge in [-0.15, -0.1) is 11.3 Å². The zero-order chi connectivity index (χ0) is 12.8. The molecule has 0 spiro atoms. The first kappa shape index (κ1) is 14.2. The van der Waals surface area contributed by atoms with Crippen LogP contribution in [0.1, 0.15) is 30.5 Å². The Bertz CT molecular complexity index is 360. The molecule has 0 saturated carbocycles. The van der Waals surface area contributed by atoms with Gasteiger partial charge in [0.25, 0.3) is 0 Å². The quantitative estimate of drug-likeness (QED) is 0.849. The number of carbonyl (C=O) groups excluding carboxylic acids is 1. The van der Waals surface area contributed by atoms with E-state index in [0.717, 1.165) is 0 Å². The van der Waals surface area contributed by atoms with Gasteiger partial charge in [-0.25, -0.2) is 0 Å². The first-order valence-corrected chi connectivity index (χ1v) is 6.75. The Balaban J connectivity index is 2.29. The molecule has 1 heterocycles. The van der Waals surface area contributed by atoms with Crippen LogP contribution < -0.4 is 5.32 Å². The first-order chi connectivity index (χ1) is 7.99. The molecule has 0 bridgehead atoms. The molecule has 1 rings (SSSR count). The zero-order valence-electron chi connectivity index (χ0n) is 10.9. The normalized spacial score (nSPS) is 12.8. The van der Waals surface area contributed by atoms with Crippen LogP contribution in [-0.2, 0) is 16.1 Å². The zero-order valence-corrected chi connectivity index (χ0v) is 11.8. The van der Waals surface area contributed by atoms with E-state index in [1.807, 2.05) is 6.07 Å². The molecule has 0 aliphatic heterocycles. The van der Waals surface area contributed by atoms with Gasteiger partial charge >= 0.3 is 0 Å². The van der Waals surface area contributed by atoms with E-state index in [0.29, 0.717) is 19.1 Å². The third-order valence-corrected chi connectivity index (χ3v) is 3.28. The molecule has 4 heteroatoms. The summed E-state index contributed by atoms with van der Waals surface area (Å²) in [5.74, 6) is 0.405. The van der Waals surface area contributed by atoms with Crippen molar-refractivity contribution < 1.29 is 9.53 Å². The minimum atomic E-state index is -0.376. The third-order valence-electron chi connectivity index (χ3n) is 2.28. The van der Waals surface area contributed by atoms with Crippen molar-refractivity contribution in [1.82, 2.24) is 5.32 Å². The van der Waals surface area contributed by atoms with E-state index in [1.54, 1.807) is 18.3 Å². The smallest absolute Gasteiger partial charge is 0.249 e.